The van der Waals surface area contributed by atoms with Crippen LogP contribution in [0.25, 0.3) is 11.1 Å². The van der Waals surface area contributed by atoms with E-state index in [9.17, 15) is 19.5 Å². The van der Waals surface area contributed by atoms with E-state index in [4.69, 9.17) is 4.74 Å². The summed E-state index contributed by atoms with van der Waals surface area (Å²) in [4.78, 5) is 38.8. The van der Waals surface area contributed by atoms with Gasteiger partial charge in [0, 0.05) is 18.5 Å². The first-order valence-corrected chi connectivity index (χ1v) is 11.6. The lowest BCUT2D eigenvalue weighted by Gasteiger charge is -2.28. The monoisotopic (exact) mass is 450 g/mol. The minimum absolute atomic E-state index is 0.0570. The zero-order valence-corrected chi connectivity index (χ0v) is 19.0. The maximum absolute atomic E-state index is 13.1. The van der Waals surface area contributed by atoms with Crippen LogP contribution in [-0.2, 0) is 14.3 Å². The van der Waals surface area contributed by atoms with Gasteiger partial charge in [0.25, 0.3) is 0 Å². The Balaban J connectivity index is 1.41. The number of rotatable bonds is 7. The standard InChI is InChI=1S/C26H30N2O5/c1-3-8-23(24(29)28-14-13-17(16(28)2)25(30)31)27-26(32)33-15-22-20-11-6-4-9-18(20)19-10-5-7-12-21(19)22/h4-7,9-12,16-17,22-23H,3,8,13-15H2,1-2H3,(H,27,32)(H,30,31). The van der Waals surface area contributed by atoms with Crippen molar-refractivity contribution in [3.63, 3.8) is 0 Å². The molecular formula is C26H30N2O5. The van der Waals surface area contributed by atoms with Crippen LogP contribution in [-0.4, -0.2) is 53.2 Å². The summed E-state index contributed by atoms with van der Waals surface area (Å²) in [6.07, 6.45) is 0.950. The molecule has 0 spiro atoms. The van der Waals surface area contributed by atoms with Crippen LogP contribution in [0.5, 0.6) is 0 Å². The average Bonchev–Trinajstić information content (AvgIpc) is 3.35. The summed E-state index contributed by atoms with van der Waals surface area (Å²) < 4.78 is 5.60. The number of nitrogens with zero attached hydrogens (tertiary/aromatic N) is 1. The molecule has 1 aliphatic carbocycles. The number of hydrogen-bond acceptors (Lipinski definition) is 4. The van der Waals surface area contributed by atoms with Gasteiger partial charge >= 0.3 is 12.1 Å². The number of amides is 2. The number of hydrogen-bond donors (Lipinski definition) is 2. The fourth-order valence-corrected chi connectivity index (χ4v) is 5.11. The van der Waals surface area contributed by atoms with Gasteiger partial charge in [-0.2, -0.15) is 0 Å². The van der Waals surface area contributed by atoms with Crippen molar-refractivity contribution in [3.8, 4) is 11.1 Å². The molecule has 33 heavy (non-hydrogen) atoms. The number of carbonyl (C=O) groups is 3. The quantitative estimate of drug-likeness (QED) is 0.664. The summed E-state index contributed by atoms with van der Waals surface area (Å²) in [6.45, 7) is 4.24. The fourth-order valence-electron chi connectivity index (χ4n) is 5.11. The summed E-state index contributed by atoms with van der Waals surface area (Å²) >= 11 is 0. The Hall–Kier alpha value is -3.35. The summed E-state index contributed by atoms with van der Waals surface area (Å²) in [7, 11) is 0. The molecule has 7 nitrogen and oxygen atoms in total. The maximum atomic E-state index is 13.1. The second-order valence-corrected chi connectivity index (χ2v) is 8.82. The van der Waals surface area contributed by atoms with E-state index in [1.165, 1.54) is 0 Å². The largest absolute Gasteiger partial charge is 0.481 e. The Kier molecular flexibility index (Phi) is 6.67. The van der Waals surface area contributed by atoms with Gasteiger partial charge < -0.3 is 20.1 Å². The molecule has 2 aliphatic rings. The normalized spacial score (nSPS) is 20.1. The molecule has 1 saturated heterocycles. The third-order valence-electron chi connectivity index (χ3n) is 6.87. The summed E-state index contributed by atoms with van der Waals surface area (Å²) in [5.74, 6) is -1.78. The van der Waals surface area contributed by atoms with Crippen molar-refractivity contribution in [2.75, 3.05) is 13.2 Å². The molecule has 2 aromatic carbocycles. The lowest BCUT2D eigenvalue weighted by atomic mass is 9.98. The number of carboxylic acid groups (broad SMARTS) is 1. The van der Waals surface area contributed by atoms with Crippen molar-refractivity contribution in [1.82, 2.24) is 10.2 Å². The molecule has 2 aromatic rings. The zero-order valence-electron chi connectivity index (χ0n) is 19.0. The maximum Gasteiger partial charge on any atom is 0.407 e. The van der Waals surface area contributed by atoms with Crippen LogP contribution >= 0.6 is 0 Å². The number of aliphatic carboxylic acids is 1. The van der Waals surface area contributed by atoms with E-state index < -0.39 is 30.1 Å². The van der Waals surface area contributed by atoms with Crippen LogP contribution < -0.4 is 5.32 Å². The molecule has 174 valence electrons. The van der Waals surface area contributed by atoms with E-state index in [-0.39, 0.29) is 18.4 Å². The minimum atomic E-state index is -0.894. The van der Waals surface area contributed by atoms with Gasteiger partial charge in [-0.25, -0.2) is 4.79 Å². The average molecular weight is 451 g/mol. The molecule has 0 aromatic heterocycles. The third-order valence-corrected chi connectivity index (χ3v) is 6.87. The van der Waals surface area contributed by atoms with Gasteiger partial charge in [0.05, 0.1) is 5.92 Å². The molecule has 0 bridgehead atoms. The number of nitrogens with one attached hydrogen (secondary N) is 1. The smallest absolute Gasteiger partial charge is 0.407 e. The number of carbonyl (C=O) groups excluding carboxylic acids is 2. The summed E-state index contributed by atoms with van der Waals surface area (Å²) in [6, 6.07) is 15.1. The SMILES string of the molecule is CCCC(NC(=O)OCC1c2ccccc2-c2ccccc21)C(=O)N1CCC(C(=O)O)C1C. The first kappa shape index (κ1) is 22.8. The number of benzene rings is 2. The predicted octanol–water partition coefficient (Wildman–Crippen LogP) is 4.02. The van der Waals surface area contributed by atoms with Crippen LogP contribution in [0, 0.1) is 5.92 Å². The molecule has 3 unspecified atom stereocenters. The van der Waals surface area contributed by atoms with Gasteiger partial charge in [-0.1, -0.05) is 61.9 Å². The Bertz CT molecular complexity index is 1010. The molecular weight excluding hydrogens is 420 g/mol. The van der Waals surface area contributed by atoms with Gasteiger partial charge in [0.15, 0.2) is 0 Å². The Labute approximate surface area is 193 Å². The molecule has 1 heterocycles. The summed E-state index contributed by atoms with van der Waals surface area (Å²) in [5.41, 5.74) is 4.55. The number of ether oxygens (including phenoxy) is 1. The van der Waals surface area contributed by atoms with Crippen molar-refractivity contribution in [3.05, 3.63) is 59.7 Å². The number of likely N-dealkylation sites (tertiary alicyclic amines) is 1. The molecule has 4 rings (SSSR count). The molecule has 0 saturated carbocycles. The van der Waals surface area contributed by atoms with E-state index in [0.29, 0.717) is 25.8 Å². The first-order valence-electron chi connectivity index (χ1n) is 11.6. The highest BCUT2D eigenvalue weighted by atomic mass is 16.5. The van der Waals surface area contributed by atoms with E-state index in [1.54, 1.807) is 11.8 Å². The van der Waals surface area contributed by atoms with E-state index in [0.717, 1.165) is 22.3 Å². The lowest BCUT2D eigenvalue weighted by Crippen LogP contribution is -2.50. The molecule has 1 fully saturated rings. The predicted molar refractivity (Wildman–Crippen MR) is 124 cm³/mol. The van der Waals surface area contributed by atoms with Crippen LogP contribution in [0.2, 0.25) is 0 Å². The molecule has 7 heteroatoms. The molecule has 2 amide bonds. The van der Waals surface area contributed by atoms with Crippen LogP contribution in [0.3, 0.4) is 0 Å². The van der Waals surface area contributed by atoms with Gasteiger partial charge in [-0.05, 0) is 42.0 Å². The van der Waals surface area contributed by atoms with Crippen molar-refractivity contribution in [2.45, 2.75) is 51.1 Å². The highest BCUT2D eigenvalue weighted by Gasteiger charge is 2.40. The van der Waals surface area contributed by atoms with Crippen LogP contribution in [0.4, 0.5) is 4.79 Å². The minimum Gasteiger partial charge on any atom is -0.481 e. The molecule has 2 N–H and O–H groups in total. The second kappa shape index (κ2) is 9.65. The van der Waals surface area contributed by atoms with Crippen LogP contribution in [0.15, 0.2) is 48.5 Å². The van der Waals surface area contributed by atoms with Crippen LogP contribution in [0.1, 0.15) is 50.2 Å². The van der Waals surface area contributed by atoms with Gasteiger partial charge in [0.2, 0.25) is 5.91 Å². The Morgan fingerprint density at radius 3 is 2.24 bits per heavy atom. The Morgan fingerprint density at radius 1 is 1.09 bits per heavy atom. The highest BCUT2D eigenvalue weighted by Crippen LogP contribution is 2.44. The number of fused-ring (bicyclic) bond motifs is 3. The van der Waals surface area contributed by atoms with Crippen molar-refractivity contribution in [2.24, 2.45) is 5.92 Å². The zero-order chi connectivity index (χ0) is 23.5. The topological polar surface area (TPSA) is 95.9 Å². The highest BCUT2D eigenvalue weighted by molar-refractivity contribution is 5.87. The molecule has 0 radical (unpaired) electrons. The first-order chi connectivity index (χ1) is 15.9. The third kappa shape index (κ3) is 4.45. The van der Waals surface area contributed by atoms with E-state index >= 15 is 0 Å². The second-order valence-electron chi connectivity index (χ2n) is 8.82. The number of alkyl carbamates (subject to hydrolysis) is 1. The van der Waals surface area contributed by atoms with Gasteiger partial charge in [0.1, 0.15) is 12.6 Å². The van der Waals surface area contributed by atoms with E-state index in [2.05, 4.69) is 29.6 Å². The van der Waals surface area contributed by atoms with Gasteiger partial charge in [-0.15, -0.1) is 0 Å². The summed E-state index contributed by atoms with van der Waals surface area (Å²) in [5, 5.41) is 12.1. The number of carboxylic acids is 1. The Morgan fingerprint density at radius 2 is 1.70 bits per heavy atom. The lowest BCUT2D eigenvalue weighted by molar-refractivity contribution is -0.143. The van der Waals surface area contributed by atoms with E-state index in [1.807, 2.05) is 31.2 Å². The van der Waals surface area contributed by atoms with Crippen molar-refractivity contribution in [1.29, 1.82) is 0 Å². The van der Waals surface area contributed by atoms with Crippen molar-refractivity contribution < 1.29 is 24.2 Å². The molecule has 3 atom stereocenters. The van der Waals surface area contributed by atoms with Gasteiger partial charge in [-0.3, -0.25) is 9.59 Å². The van der Waals surface area contributed by atoms with Crippen molar-refractivity contribution >= 4 is 18.0 Å². The molecule has 1 aliphatic heterocycles. The fraction of sp³-hybridized carbons (Fsp3) is 0.423.